The molecular formula is C25H26ClF2N3O3. The van der Waals surface area contributed by atoms with Crippen LogP contribution < -0.4 is 0 Å². The summed E-state index contributed by atoms with van der Waals surface area (Å²) < 4.78 is 36.6. The molecule has 0 saturated carbocycles. The van der Waals surface area contributed by atoms with Crippen molar-refractivity contribution in [2.45, 2.75) is 45.0 Å². The van der Waals surface area contributed by atoms with Crippen LogP contribution in [0.25, 0.3) is 16.8 Å². The van der Waals surface area contributed by atoms with Crippen LogP contribution in [0.15, 0.2) is 47.9 Å². The van der Waals surface area contributed by atoms with E-state index >= 15 is 8.78 Å². The lowest BCUT2D eigenvalue weighted by Gasteiger charge is -2.17. The molecule has 4 rings (SSSR count). The fraction of sp³-hybridized carbons (Fsp3) is 0.400. The number of imidazole rings is 1. The molecule has 4 heterocycles. The Morgan fingerprint density at radius 2 is 2.18 bits per heavy atom. The van der Waals surface area contributed by atoms with E-state index in [9.17, 15) is 9.59 Å². The zero-order chi connectivity index (χ0) is 24.5. The number of alkyl halides is 2. The van der Waals surface area contributed by atoms with Crippen LogP contribution in [0.5, 0.6) is 0 Å². The summed E-state index contributed by atoms with van der Waals surface area (Å²) in [7, 11) is 0. The molecule has 9 heteroatoms. The summed E-state index contributed by atoms with van der Waals surface area (Å²) in [5.74, 6) is -3.20. The summed E-state index contributed by atoms with van der Waals surface area (Å²) in [5.41, 5.74) is 0.611. The lowest BCUT2D eigenvalue weighted by molar-refractivity contribution is -0.117. The molecule has 0 spiro atoms. The number of carbonyl (C=O) groups excluding carboxylic acids is 2. The van der Waals surface area contributed by atoms with Crippen molar-refractivity contribution in [3.05, 3.63) is 59.9 Å². The molecule has 1 amide bonds. The Morgan fingerprint density at radius 3 is 2.85 bits per heavy atom. The topological polar surface area (TPSA) is 67.8 Å². The minimum Gasteiger partial charge on any atom is -0.472 e. The SMILES string of the molecule is C=CCC(F)(F)c1cc(-c2ccoc2)cn2c(Cl)c(C(=O)N3CC[C@@H](CCCC(C)=O)C3)nc12. The first kappa shape index (κ1) is 24.1. The summed E-state index contributed by atoms with van der Waals surface area (Å²) in [6, 6.07) is 3.01. The van der Waals surface area contributed by atoms with E-state index in [0.29, 0.717) is 36.6 Å². The van der Waals surface area contributed by atoms with Crippen LogP contribution in [0.1, 0.15) is 55.1 Å². The Hall–Kier alpha value is -3.00. The predicted molar refractivity (Wildman–Crippen MR) is 125 cm³/mol. The normalized spacial score (nSPS) is 16.4. The number of amides is 1. The van der Waals surface area contributed by atoms with E-state index in [4.69, 9.17) is 16.0 Å². The van der Waals surface area contributed by atoms with Crippen LogP contribution >= 0.6 is 11.6 Å². The van der Waals surface area contributed by atoms with Gasteiger partial charge in [0.25, 0.3) is 11.8 Å². The van der Waals surface area contributed by atoms with E-state index in [0.717, 1.165) is 25.3 Å². The number of hydrogen-bond acceptors (Lipinski definition) is 4. The van der Waals surface area contributed by atoms with Crippen LogP contribution in [-0.2, 0) is 10.7 Å². The molecule has 1 atom stereocenters. The van der Waals surface area contributed by atoms with Crippen molar-refractivity contribution < 1.29 is 22.8 Å². The van der Waals surface area contributed by atoms with E-state index < -0.39 is 12.3 Å². The maximum atomic E-state index is 15.1. The van der Waals surface area contributed by atoms with Crippen molar-refractivity contribution in [1.29, 1.82) is 0 Å². The summed E-state index contributed by atoms with van der Waals surface area (Å²) in [6.07, 6.45) is 8.03. The third-order valence-electron chi connectivity index (χ3n) is 6.23. The molecular weight excluding hydrogens is 464 g/mol. The number of carbonyl (C=O) groups is 2. The van der Waals surface area contributed by atoms with Crippen molar-refractivity contribution in [2.24, 2.45) is 5.92 Å². The molecule has 0 unspecified atom stereocenters. The van der Waals surface area contributed by atoms with Gasteiger partial charge in [-0.2, -0.15) is 0 Å². The van der Waals surface area contributed by atoms with Crippen LogP contribution in [0, 0.1) is 5.92 Å². The molecule has 0 radical (unpaired) electrons. The summed E-state index contributed by atoms with van der Waals surface area (Å²) in [4.78, 5) is 30.4. The van der Waals surface area contributed by atoms with Gasteiger partial charge in [0.15, 0.2) is 5.69 Å². The predicted octanol–water partition coefficient (Wildman–Crippen LogP) is 6.14. The van der Waals surface area contributed by atoms with E-state index in [-0.39, 0.29) is 33.7 Å². The Balaban J connectivity index is 1.68. The van der Waals surface area contributed by atoms with Gasteiger partial charge in [0.05, 0.1) is 18.1 Å². The van der Waals surface area contributed by atoms with Gasteiger partial charge in [-0.15, -0.1) is 6.58 Å². The fourth-order valence-corrected chi connectivity index (χ4v) is 4.69. The lowest BCUT2D eigenvalue weighted by Crippen LogP contribution is -2.29. The van der Waals surface area contributed by atoms with Crippen LogP contribution in [0.3, 0.4) is 0 Å². The molecule has 1 aliphatic rings. The number of allylic oxidation sites excluding steroid dienone is 1. The van der Waals surface area contributed by atoms with Crippen LogP contribution in [0.2, 0.25) is 5.15 Å². The Labute approximate surface area is 201 Å². The number of likely N-dealkylation sites (tertiary alicyclic amines) is 1. The largest absolute Gasteiger partial charge is 0.472 e. The average molecular weight is 490 g/mol. The first-order valence-corrected chi connectivity index (χ1v) is 11.6. The van der Waals surface area contributed by atoms with Crippen LogP contribution in [0.4, 0.5) is 8.78 Å². The van der Waals surface area contributed by atoms with Gasteiger partial charge >= 0.3 is 0 Å². The van der Waals surface area contributed by atoms with Gasteiger partial charge < -0.3 is 14.1 Å². The van der Waals surface area contributed by atoms with Gasteiger partial charge in [-0.1, -0.05) is 17.7 Å². The molecule has 0 N–H and O–H groups in total. The van der Waals surface area contributed by atoms with Crippen molar-refractivity contribution in [1.82, 2.24) is 14.3 Å². The molecule has 180 valence electrons. The van der Waals surface area contributed by atoms with Crippen LogP contribution in [-0.4, -0.2) is 39.1 Å². The summed E-state index contributed by atoms with van der Waals surface area (Å²) in [6.45, 7) is 6.07. The van der Waals surface area contributed by atoms with Gasteiger partial charge in [-0.25, -0.2) is 13.8 Å². The molecule has 0 aliphatic carbocycles. The summed E-state index contributed by atoms with van der Waals surface area (Å²) >= 11 is 6.54. The summed E-state index contributed by atoms with van der Waals surface area (Å²) in [5, 5.41) is -0.0129. The molecule has 1 saturated heterocycles. The lowest BCUT2D eigenvalue weighted by atomic mass is 10.0. The number of nitrogens with zero attached hydrogens (tertiary/aromatic N) is 3. The molecule has 3 aromatic rings. The zero-order valence-electron chi connectivity index (χ0n) is 18.9. The van der Waals surface area contributed by atoms with E-state index in [1.165, 1.54) is 23.0 Å². The number of Topliss-reactive ketones (excluding diaryl/α,β-unsaturated/α-hetero) is 1. The first-order valence-electron chi connectivity index (χ1n) is 11.2. The molecule has 0 aromatic carbocycles. The third-order valence-corrected chi connectivity index (χ3v) is 6.59. The van der Waals surface area contributed by atoms with Crippen molar-refractivity contribution in [3.8, 4) is 11.1 Å². The monoisotopic (exact) mass is 489 g/mol. The highest BCUT2D eigenvalue weighted by atomic mass is 35.5. The van der Waals surface area contributed by atoms with Gasteiger partial charge in [0.1, 0.15) is 16.6 Å². The van der Waals surface area contributed by atoms with E-state index in [1.807, 2.05) is 0 Å². The number of hydrogen-bond donors (Lipinski definition) is 0. The molecule has 6 nitrogen and oxygen atoms in total. The first-order chi connectivity index (χ1) is 16.2. The van der Waals surface area contributed by atoms with Gasteiger partial charge in [-0.3, -0.25) is 9.20 Å². The minimum atomic E-state index is -3.26. The highest BCUT2D eigenvalue weighted by Crippen LogP contribution is 2.39. The standard InChI is InChI=1S/C25H26ClF2N3O3/c1-3-9-25(27,28)20-12-19(18-8-11-34-15-18)14-31-22(26)21(29-23(20)31)24(33)30-10-7-17(13-30)6-4-5-16(2)32/h3,8,11-12,14-15,17H,1,4-7,9-10,13H2,2H3/t17-/m1/s1. The van der Waals surface area contributed by atoms with Crippen molar-refractivity contribution >= 4 is 28.9 Å². The molecule has 1 fully saturated rings. The number of ketones is 1. The average Bonchev–Trinajstić information content (AvgIpc) is 3.53. The number of aromatic nitrogens is 2. The van der Waals surface area contributed by atoms with E-state index in [1.54, 1.807) is 24.1 Å². The smallest absolute Gasteiger partial charge is 0.280 e. The highest BCUT2D eigenvalue weighted by Gasteiger charge is 2.36. The number of furan rings is 1. The third kappa shape index (κ3) is 4.78. The van der Waals surface area contributed by atoms with Gasteiger partial charge in [0.2, 0.25) is 0 Å². The van der Waals surface area contributed by atoms with Gasteiger partial charge in [-0.05, 0) is 44.2 Å². The van der Waals surface area contributed by atoms with Gasteiger partial charge in [0, 0.05) is 43.3 Å². The molecule has 34 heavy (non-hydrogen) atoms. The number of fused-ring (bicyclic) bond motifs is 1. The second-order valence-corrected chi connectivity index (χ2v) is 9.15. The maximum absolute atomic E-state index is 15.1. The Kier molecular flexibility index (Phi) is 6.89. The highest BCUT2D eigenvalue weighted by molar-refractivity contribution is 6.33. The van der Waals surface area contributed by atoms with Crippen molar-refractivity contribution in [2.75, 3.05) is 13.1 Å². The quantitative estimate of drug-likeness (QED) is 0.339. The molecule has 3 aromatic heterocycles. The Morgan fingerprint density at radius 1 is 1.38 bits per heavy atom. The fourth-order valence-electron chi connectivity index (χ4n) is 4.44. The van der Waals surface area contributed by atoms with E-state index in [2.05, 4.69) is 11.6 Å². The minimum absolute atomic E-state index is 0.0129. The van der Waals surface area contributed by atoms with Crippen molar-refractivity contribution in [3.63, 3.8) is 0 Å². The number of rotatable bonds is 9. The Bertz CT molecular complexity index is 1220. The second-order valence-electron chi connectivity index (χ2n) is 8.80. The molecule has 0 bridgehead atoms. The molecule has 1 aliphatic heterocycles. The maximum Gasteiger partial charge on any atom is 0.280 e. The second kappa shape index (κ2) is 9.70. The number of pyridine rings is 1. The zero-order valence-corrected chi connectivity index (χ0v) is 19.7. The number of halogens is 3.